The van der Waals surface area contributed by atoms with E-state index in [2.05, 4.69) is 6.92 Å². The molecule has 1 saturated carbocycles. The van der Waals surface area contributed by atoms with E-state index in [0.29, 0.717) is 5.92 Å². The first-order valence-electron chi connectivity index (χ1n) is 6.37. The van der Waals surface area contributed by atoms with Crippen molar-refractivity contribution in [3.63, 3.8) is 0 Å². The third-order valence-corrected chi connectivity index (χ3v) is 3.35. The van der Waals surface area contributed by atoms with E-state index in [1.165, 1.54) is 52.1 Å². The summed E-state index contributed by atoms with van der Waals surface area (Å²) in [4.78, 5) is 11.1. The smallest absolute Gasteiger partial charge is 0.308 e. The van der Waals surface area contributed by atoms with Crippen molar-refractivity contribution in [3.8, 4) is 0 Å². The third kappa shape index (κ3) is 4.67. The lowest BCUT2D eigenvalue weighted by atomic mass is 10.1. The second kappa shape index (κ2) is 6.86. The zero-order chi connectivity index (χ0) is 11.1. The minimum absolute atomic E-state index is 0.00554. The second-order valence-corrected chi connectivity index (χ2v) is 4.68. The molecule has 2 heteroatoms. The van der Waals surface area contributed by atoms with Crippen molar-refractivity contribution in [1.29, 1.82) is 0 Å². The van der Waals surface area contributed by atoms with Crippen molar-refractivity contribution in [2.45, 2.75) is 58.3 Å². The van der Waals surface area contributed by atoms with Gasteiger partial charge in [-0.15, -0.1) is 0 Å². The average Bonchev–Trinajstić information content (AvgIpc) is 3.01. The Morgan fingerprint density at radius 3 is 2.53 bits per heavy atom. The number of hydrogen-bond acceptors (Lipinski definition) is 2. The van der Waals surface area contributed by atoms with E-state index >= 15 is 0 Å². The van der Waals surface area contributed by atoms with Crippen LogP contribution in [-0.2, 0) is 9.53 Å². The molecule has 88 valence electrons. The predicted octanol–water partition coefficient (Wildman–Crippen LogP) is 3.55. The van der Waals surface area contributed by atoms with Crippen molar-refractivity contribution >= 4 is 5.97 Å². The summed E-state index contributed by atoms with van der Waals surface area (Å²) in [7, 11) is 1.49. The average molecular weight is 212 g/mol. The van der Waals surface area contributed by atoms with Gasteiger partial charge >= 0.3 is 5.97 Å². The highest BCUT2D eigenvalue weighted by atomic mass is 16.5. The minimum Gasteiger partial charge on any atom is -0.469 e. The van der Waals surface area contributed by atoms with E-state index < -0.39 is 0 Å². The molecule has 0 heterocycles. The van der Waals surface area contributed by atoms with Crippen molar-refractivity contribution in [2.75, 3.05) is 7.11 Å². The topological polar surface area (TPSA) is 26.3 Å². The van der Waals surface area contributed by atoms with E-state index in [-0.39, 0.29) is 11.9 Å². The molecule has 2 atom stereocenters. The van der Waals surface area contributed by atoms with Crippen LogP contribution in [-0.4, -0.2) is 13.1 Å². The van der Waals surface area contributed by atoms with E-state index in [1.54, 1.807) is 0 Å². The van der Waals surface area contributed by atoms with Gasteiger partial charge in [0, 0.05) is 0 Å². The highest BCUT2D eigenvalue weighted by Gasteiger charge is 2.42. The number of carbonyl (C=O) groups excluding carboxylic acids is 1. The van der Waals surface area contributed by atoms with Crippen LogP contribution in [0.25, 0.3) is 0 Å². The quantitative estimate of drug-likeness (QED) is 0.454. The number of ether oxygens (including phenoxy) is 1. The monoisotopic (exact) mass is 212 g/mol. The summed E-state index contributed by atoms with van der Waals surface area (Å²) >= 11 is 0. The molecular formula is C13H24O2. The molecule has 0 aromatic rings. The normalized spacial score (nSPS) is 23.9. The molecule has 0 aromatic carbocycles. The molecule has 2 unspecified atom stereocenters. The maximum Gasteiger partial charge on any atom is 0.308 e. The molecule has 15 heavy (non-hydrogen) atoms. The lowest BCUT2D eigenvalue weighted by Gasteiger charge is -2.00. The summed E-state index contributed by atoms with van der Waals surface area (Å²) < 4.78 is 4.72. The Kier molecular flexibility index (Phi) is 5.74. The molecule has 0 N–H and O–H groups in total. The van der Waals surface area contributed by atoms with Gasteiger partial charge in [-0.3, -0.25) is 4.79 Å². The Balaban J connectivity index is 1.88. The number of esters is 1. The van der Waals surface area contributed by atoms with Gasteiger partial charge in [0.15, 0.2) is 0 Å². The third-order valence-electron chi connectivity index (χ3n) is 3.35. The molecule has 0 aromatic heterocycles. The SMILES string of the molecule is CCCCCCCCC1CC1C(=O)OC. The van der Waals surface area contributed by atoms with Crippen LogP contribution in [0.5, 0.6) is 0 Å². The molecule has 1 aliphatic rings. The summed E-state index contributed by atoms with van der Waals surface area (Å²) in [6.07, 6.45) is 10.4. The van der Waals surface area contributed by atoms with Gasteiger partial charge in [0.25, 0.3) is 0 Å². The molecule has 1 fully saturated rings. The molecule has 2 nitrogen and oxygen atoms in total. The molecule has 0 saturated heterocycles. The first kappa shape index (κ1) is 12.5. The van der Waals surface area contributed by atoms with Gasteiger partial charge < -0.3 is 4.74 Å². The first-order chi connectivity index (χ1) is 7.29. The zero-order valence-electron chi connectivity index (χ0n) is 10.1. The lowest BCUT2D eigenvalue weighted by molar-refractivity contribution is -0.142. The molecule has 1 aliphatic carbocycles. The van der Waals surface area contributed by atoms with Gasteiger partial charge in [0.05, 0.1) is 13.0 Å². The second-order valence-electron chi connectivity index (χ2n) is 4.68. The van der Waals surface area contributed by atoms with Gasteiger partial charge in [0.1, 0.15) is 0 Å². The van der Waals surface area contributed by atoms with Crippen LogP contribution in [0.1, 0.15) is 58.3 Å². The van der Waals surface area contributed by atoms with Crippen molar-refractivity contribution in [3.05, 3.63) is 0 Å². The van der Waals surface area contributed by atoms with Gasteiger partial charge in [-0.2, -0.15) is 0 Å². The zero-order valence-corrected chi connectivity index (χ0v) is 10.1. The highest BCUT2D eigenvalue weighted by molar-refractivity contribution is 5.75. The maximum absolute atomic E-state index is 11.1. The summed E-state index contributed by atoms with van der Waals surface area (Å²) in [5, 5.41) is 0. The van der Waals surface area contributed by atoms with Crippen LogP contribution in [0.3, 0.4) is 0 Å². The Bertz CT molecular complexity index is 189. The van der Waals surface area contributed by atoms with Crippen molar-refractivity contribution < 1.29 is 9.53 Å². The molecule has 1 rings (SSSR count). The fourth-order valence-electron chi connectivity index (χ4n) is 2.19. The molecule has 0 bridgehead atoms. The lowest BCUT2D eigenvalue weighted by Crippen LogP contribution is -2.04. The number of methoxy groups -OCH3 is 1. The van der Waals surface area contributed by atoms with Crippen LogP contribution in [0, 0.1) is 11.8 Å². The fourth-order valence-corrected chi connectivity index (χ4v) is 2.19. The fraction of sp³-hybridized carbons (Fsp3) is 0.923. The first-order valence-corrected chi connectivity index (χ1v) is 6.37. The molecular weight excluding hydrogens is 188 g/mol. The summed E-state index contributed by atoms with van der Waals surface area (Å²) in [6, 6.07) is 0. The number of hydrogen-bond donors (Lipinski definition) is 0. The largest absolute Gasteiger partial charge is 0.469 e. The van der Waals surface area contributed by atoms with Crippen LogP contribution in [0.2, 0.25) is 0 Å². The van der Waals surface area contributed by atoms with E-state index in [9.17, 15) is 4.79 Å². The van der Waals surface area contributed by atoms with Crippen LogP contribution in [0.4, 0.5) is 0 Å². The molecule has 0 spiro atoms. The Hall–Kier alpha value is -0.530. The summed E-state index contributed by atoms with van der Waals surface area (Å²) in [5.74, 6) is 0.889. The molecule has 0 aliphatic heterocycles. The highest BCUT2D eigenvalue weighted by Crippen LogP contribution is 2.43. The Morgan fingerprint density at radius 2 is 1.87 bits per heavy atom. The van der Waals surface area contributed by atoms with E-state index in [4.69, 9.17) is 4.74 Å². The van der Waals surface area contributed by atoms with Crippen LogP contribution < -0.4 is 0 Å². The van der Waals surface area contributed by atoms with Gasteiger partial charge in [0.2, 0.25) is 0 Å². The Labute approximate surface area is 93.4 Å². The molecule has 0 radical (unpaired) electrons. The van der Waals surface area contributed by atoms with Crippen molar-refractivity contribution in [2.24, 2.45) is 11.8 Å². The van der Waals surface area contributed by atoms with E-state index in [1.807, 2.05) is 0 Å². The number of unbranched alkanes of at least 4 members (excludes halogenated alkanes) is 5. The Morgan fingerprint density at radius 1 is 1.20 bits per heavy atom. The van der Waals surface area contributed by atoms with Gasteiger partial charge in [-0.25, -0.2) is 0 Å². The van der Waals surface area contributed by atoms with Gasteiger partial charge in [-0.1, -0.05) is 45.4 Å². The van der Waals surface area contributed by atoms with Gasteiger partial charge in [-0.05, 0) is 18.8 Å². The van der Waals surface area contributed by atoms with Crippen LogP contribution in [0.15, 0.2) is 0 Å². The molecule has 0 amide bonds. The number of rotatable bonds is 8. The van der Waals surface area contributed by atoms with E-state index in [0.717, 1.165) is 6.42 Å². The number of carbonyl (C=O) groups is 1. The summed E-state index contributed by atoms with van der Waals surface area (Å²) in [6.45, 7) is 2.24. The maximum atomic E-state index is 11.1. The standard InChI is InChI=1S/C13H24O2/c1-3-4-5-6-7-8-9-11-10-12(11)13(14)15-2/h11-12H,3-10H2,1-2H3. The minimum atomic E-state index is 0.00554. The predicted molar refractivity (Wildman–Crippen MR) is 61.6 cm³/mol. The summed E-state index contributed by atoms with van der Waals surface area (Å²) in [5.41, 5.74) is 0. The van der Waals surface area contributed by atoms with Crippen LogP contribution >= 0.6 is 0 Å². The van der Waals surface area contributed by atoms with Crippen molar-refractivity contribution in [1.82, 2.24) is 0 Å².